The first-order valence-electron chi connectivity index (χ1n) is 4.44. The molecule has 1 heterocycles. The Morgan fingerprint density at radius 1 is 1.77 bits per heavy atom. The molecule has 4 heteroatoms. The monoisotopic (exact) mass is 185 g/mol. The van der Waals surface area contributed by atoms with Crippen molar-refractivity contribution in [2.45, 2.75) is 18.9 Å². The highest BCUT2D eigenvalue weighted by Gasteiger charge is 2.25. The highest BCUT2D eigenvalue weighted by atomic mass is 16.5. The summed E-state index contributed by atoms with van der Waals surface area (Å²) in [7, 11) is 0. The van der Waals surface area contributed by atoms with Crippen molar-refractivity contribution >= 4 is 6.09 Å². The van der Waals surface area contributed by atoms with Gasteiger partial charge in [0, 0.05) is 6.54 Å². The Balaban J connectivity index is 2.17. The number of amides is 1. The lowest BCUT2D eigenvalue weighted by Crippen LogP contribution is -2.28. The summed E-state index contributed by atoms with van der Waals surface area (Å²) >= 11 is 0. The zero-order valence-corrected chi connectivity index (χ0v) is 7.61. The Hall–Kier alpha value is -1.03. The summed E-state index contributed by atoms with van der Waals surface area (Å²) < 4.78 is 5.45. The fourth-order valence-electron chi connectivity index (χ4n) is 1.36. The Morgan fingerprint density at radius 3 is 3.08 bits per heavy atom. The molecule has 0 aromatic carbocycles. The van der Waals surface area contributed by atoms with Crippen molar-refractivity contribution in [3.8, 4) is 0 Å². The van der Waals surface area contributed by atoms with Crippen LogP contribution in [0.3, 0.4) is 0 Å². The van der Waals surface area contributed by atoms with Crippen molar-refractivity contribution in [2.24, 2.45) is 0 Å². The normalized spacial score (nSPS) is 21.8. The first kappa shape index (κ1) is 10.1. The summed E-state index contributed by atoms with van der Waals surface area (Å²) in [5, 5.41) is 8.66. The lowest BCUT2D eigenvalue weighted by molar-refractivity contribution is 0.0618. The number of carbonyl (C=O) groups is 1. The number of hydrogen-bond acceptors (Lipinski definition) is 2. The van der Waals surface area contributed by atoms with Gasteiger partial charge >= 0.3 is 6.09 Å². The molecule has 1 aliphatic rings. The van der Waals surface area contributed by atoms with Crippen LogP contribution in [0.4, 0.5) is 4.79 Å². The van der Waals surface area contributed by atoms with Gasteiger partial charge in [-0.2, -0.15) is 0 Å². The maximum absolute atomic E-state index is 10.5. The molecule has 1 fully saturated rings. The van der Waals surface area contributed by atoms with E-state index in [-0.39, 0.29) is 6.10 Å². The maximum Gasteiger partial charge on any atom is 0.407 e. The van der Waals surface area contributed by atoms with Crippen molar-refractivity contribution in [1.29, 1.82) is 0 Å². The molecule has 0 spiro atoms. The predicted octanol–water partition coefficient (Wildman–Crippen LogP) is 1.33. The van der Waals surface area contributed by atoms with Gasteiger partial charge in [0.05, 0.1) is 19.3 Å². The largest absolute Gasteiger partial charge is 0.465 e. The summed E-state index contributed by atoms with van der Waals surface area (Å²) in [4.78, 5) is 11.9. The predicted molar refractivity (Wildman–Crippen MR) is 48.8 cm³/mol. The molecule has 0 aliphatic carbocycles. The van der Waals surface area contributed by atoms with E-state index in [9.17, 15) is 4.79 Å². The van der Waals surface area contributed by atoms with E-state index in [1.54, 1.807) is 6.08 Å². The van der Waals surface area contributed by atoms with Crippen LogP contribution in [0.1, 0.15) is 12.8 Å². The lowest BCUT2D eigenvalue weighted by atomic mass is 10.3. The molecule has 0 saturated carbocycles. The molecule has 0 bridgehead atoms. The second kappa shape index (κ2) is 4.87. The van der Waals surface area contributed by atoms with Crippen molar-refractivity contribution in [3.63, 3.8) is 0 Å². The van der Waals surface area contributed by atoms with Crippen LogP contribution in [-0.2, 0) is 4.74 Å². The SMILES string of the molecule is C=CCCOC1CCN(C(=O)O)C1. The highest BCUT2D eigenvalue weighted by molar-refractivity contribution is 5.65. The minimum absolute atomic E-state index is 0.0797. The van der Waals surface area contributed by atoms with Crippen molar-refractivity contribution in [1.82, 2.24) is 4.90 Å². The third kappa shape index (κ3) is 3.06. The standard InChI is InChI=1S/C9H15NO3/c1-2-3-6-13-8-4-5-10(7-8)9(11)12/h2,8H,1,3-7H2,(H,11,12). The van der Waals surface area contributed by atoms with Gasteiger partial charge in [0.1, 0.15) is 0 Å². The van der Waals surface area contributed by atoms with Gasteiger partial charge < -0.3 is 14.7 Å². The van der Waals surface area contributed by atoms with Crippen LogP contribution < -0.4 is 0 Å². The van der Waals surface area contributed by atoms with E-state index in [0.717, 1.165) is 12.8 Å². The minimum Gasteiger partial charge on any atom is -0.465 e. The fourth-order valence-corrected chi connectivity index (χ4v) is 1.36. The maximum atomic E-state index is 10.5. The van der Waals surface area contributed by atoms with E-state index < -0.39 is 6.09 Å². The van der Waals surface area contributed by atoms with Crippen LogP contribution in [0.5, 0.6) is 0 Å². The summed E-state index contributed by atoms with van der Waals surface area (Å²) in [6.45, 7) is 5.32. The van der Waals surface area contributed by atoms with Crippen LogP contribution in [0.15, 0.2) is 12.7 Å². The molecule has 0 aromatic heterocycles. The number of nitrogens with zero attached hydrogens (tertiary/aromatic N) is 1. The first-order valence-corrected chi connectivity index (χ1v) is 4.44. The Labute approximate surface area is 77.8 Å². The van der Waals surface area contributed by atoms with Crippen molar-refractivity contribution in [2.75, 3.05) is 19.7 Å². The van der Waals surface area contributed by atoms with Gasteiger partial charge in [-0.15, -0.1) is 6.58 Å². The number of hydrogen-bond donors (Lipinski definition) is 1. The molecule has 0 radical (unpaired) electrons. The van der Waals surface area contributed by atoms with Crippen LogP contribution in [0.2, 0.25) is 0 Å². The second-order valence-electron chi connectivity index (χ2n) is 3.09. The molecular formula is C9H15NO3. The van der Waals surface area contributed by atoms with E-state index in [1.807, 2.05) is 0 Å². The molecular weight excluding hydrogens is 170 g/mol. The molecule has 1 N–H and O–H groups in total. The molecule has 1 unspecified atom stereocenters. The van der Waals surface area contributed by atoms with Gasteiger partial charge in [0.25, 0.3) is 0 Å². The number of rotatable bonds is 4. The fraction of sp³-hybridized carbons (Fsp3) is 0.667. The third-order valence-corrected chi connectivity index (χ3v) is 2.09. The van der Waals surface area contributed by atoms with Crippen molar-refractivity contribution < 1.29 is 14.6 Å². The van der Waals surface area contributed by atoms with Crippen LogP contribution in [0.25, 0.3) is 0 Å². The van der Waals surface area contributed by atoms with Gasteiger partial charge in [-0.1, -0.05) is 6.08 Å². The zero-order valence-electron chi connectivity index (χ0n) is 7.61. The lowest BCUT2D eigenvalue weighted by Gasteiger charge is -2.12. The molecule has 1 aliphatic heterocycles. The van der Waals surface area contributed by atoms with Gasteiger partial charge in [-0.05, 0) is 12.8 Å². The smallest absolute Gasteiger partial charge is 0.407 e. The third-order valence-electron chi connectivity index (χ3n) is 2.09. The molecule has 13 heavy (non-hydrogen) atoms. The van der Waals surface area contributed by atoms with Gasteiger partial charge in [-0.3, -0.25) is 0 Å². The summed E-state index contributed by atoms with van der Waals surface area (Å²) in [6, 6.07) is 0. The van der Waals surface area contributed by atoms with Crippen LogP contribution in [0, 0.1) is 0 Å². The zero-order chi connectivity index (χ0) is 9.68. The number of ether oxygens (including phenoxy) is 1. The molecule has 1 rings (SSSR count). The molecule has 1 amide bonds. The summed E-state index contributed by atoms with van der Waals surface area (Å²) in [6.07, 6.45) is 2.66. The minimum atomic E-state index is -0.852. The molecule has 1 saturated heterocycles. The van der Waals surface area contributed by atoms with E-state index in [1.165, 1.54) is 4.90 Å². The van der Waals surface area contributed by atoms with Gasteiger partial charge in [0.2, 0.25) is 0 Å². The Morgan fingerprint density at radius 2 is 2.54 bits per heavy atom. The average Bonchev–Trinajstić information content (AvgIpc) is 2.53. The Kier molecular flexibility index (Phi) is 3.76. The van der Waals surface area contributed by atoms with Crippen LogP contribution >= 0.6 is 0 Å². The van der Waals surface area contributed by atoms with Gasteiger partial charge in [-0.25, -0.2) is 4.79 Å². The van der Waals surface area contributed by atoms with E-state index in [2.05, 4.69) is 6.58 Å². The van der Waals surface area contributed by atoms with E-state index >= 15 is 0 Å². The summed E-state index contributed by atoms with van der Waals surface area (Å²) in [5.74, 6) is 0. The molecule has 1 atom stereocenters. The Bertz CT molecular complexity index is 193. The highest BCUT2D eigenvalue weighted by Crippen LogP contribution is 2.12. The number of likely N-dealkylation sites (tertiary alicyclic amines) is 1. The van der Waals surface area contributed by atoms with Gasteiger partial charge in [0.15, 0.2) is 0 Å². The topological polar surface area (TPSA) is 49.8 Å². The first-order chi connectivity index (χ1) is 6.24. The summed E-state index contributed by atoms with van der Waals surface area (Å²) in [5.41, 5.74) is 0. The average molecular weight is 185 g/mol. The van der Waals surface area contributed by atoms with E-state index in [0.29, 0.717) is 19.7 Å². The molecule has 4 nitrogen and oxygen atoms in total. The molecule has 0 aromatic rings. The second-order valence-corrected chi connectivity index (χ2v) is 3.09. The molecule has 74 valence electrons. The van der Waals surface area contributed by atoms with E-state index in [4.69, 9.17) is 9.84 Å². The van der Waals surface area contributed by atoms with Crippen molar-refractivity contribution in [3.05, 3.63) is 12.7 Å². The van der Waals surface area contributed by atoms with Crippen LogP contribution in [-0.4, -0.2) is 41.9 Å². The quantitative estimate of drug-likeness (QED) is 0.531. The number of carboxylic acid groups (broad SMARTS) is 1.